The monoisotopic (exact) mass is 354 g/mol. The molecular weight excluding hydrogens is 328 g/mol. The van der Waals surface area contributed by atoms with Gasteiger partial charge in [0.15, 0.2) is 6.61 Å². The van der Waals surface area contributed by atoms with Crippen molar-refractivity contribution in [3.05, 3.63) is 54.1 Å². The van der Waals surface area contributed by atoms with Crippen LogP contribution in [-0.2, 0) is 4.79 Å². The van der Waals surface area contributed by atoms with Crippen LogP contribution in [-0.4, -0.2) is 43.7 Å². The second-order valence-electron chi connectivity index (χ2n) is 6.75. The van der Waals surface area contributed by atoms with E-state index in [-0.39, 0.29) is 18.6 Å². The van der Waals surface area contributed by atoms with Crippen LogP contribution in [0.3, 0.4) is 0 Å². The molecular formula is C21H26N2O3. The zero-order valence-corrected chi connectivity index (χ0v) is 15.4. The summed E-state index contributed by atoms with van der Waals surface area (Å²) in [7, 11) is 2.14. The second kappa shape index (κ2) is 8.72. The zero-order valence-electron chi connectivity index (χ0n) is 15.4. The lowest BCUT2D eigenvalue weighted by Crippen LogP contribution is -2.35. The van der Waals surface area contributed by atoms with Crippen LogP contribution < -0.4 is 14.8 Å². The molecule has 1 heterocycles. The van der Waals surface area contributed by atoms with E-state index in [9.17, 15) is 4.79 Å². The van der Waals surface area contributed by atoms with Gasteiger partial charge < -0.3 is 19.7 Å². The van der Waals surface area contributed by atoms with Crippen molar-refractivity contribution in [3.8, 4) is 11.5 Å². The van der Waals surface area contributed by atoms with Gasteiger partial charge in [0.1, 0.15) is 17.6 Å². The first-order chi connectivity index (χ1) is 12.6. The lowest BCUT2D eigenvalue weighted by molar-refractivity contribution is -0.118. The average Bonchev–Trinajstić information content (AvgIpc) is 2.64. The number of nitrogens with one attached hydrogen (secondary N) is 1. The number of carbonyl (C=O) groups is 1. The normalized spacial score (nSPS) is 15.5. The number of piperidine rings is 1. The summed E-state index contributed by atoms with van der Waals surface area (Å²) in [5.74, 6) is 1.38. The van der Waals surface area contributed by atoms with Crippen molar-refractivity contribution in [1.29, 1.82) is 0 Å². The van der Waals surface area contributed by atoms with E-state index >= 15 is 0 Å². The van der Waals surface area contributed by atoms with Gasteiger partial charge in [0.25, 0.3) is 5.91 Å². The predicted octanol–water partition coefficient (Wildman–Crippen LogP) is 3.49. The highest BCUT2D eigenvalue weighted by Crippen LogP contribution is 2.21. The molecule has 1 fully saturated rings. The molecule has 0 atom stereocenters. The lowest BCUT2D eigenvalue weighted by atomic mass is 10.1. The minimum Gasteiger partial charge on any atom is -0.490 e. The van der Waals surface area contributed by atoms with Crippen molar-refractivity contribution in [3.63, 3.8) is 0 Å². The van der Waals surface area contributed by atoms with E-state index in [1.54, 1.807) is 0 Å². The minimum atomic E-state index is -0.183. The van der Waals surface area contributed by atoms with Gasteiger partial charge in [-0.05, 0) is 62.7 Å². The maximum absolute atomic E-state index is 12.1. The lowest BCUT2D eigenvalue weighted by Gasteiger charge is -2.29. The number of rotatable bonds is 6. The minimum absolute atomic E-state index is 0.0152. The van der Waals surface area contributed by atoms with E-state index < -0.39 is 0 Å². The summed E-state index contributed by atoms with van der Waals surface area (Å²) in [4.78, 5) is 14.4. The number of aryl methyl sites for hydroxylation is 1. The summed E-state index contributed by atoms with van der Waals surface area (Å²) in [5, 5.41) is 2.84. The Hall–Kier alpha value is -2.53. The maximum atomic E-state index is 12.1. The van der Waals surface area contributed by atoms with Crippen molar-refractivity contribution in [2.45, 2.75) is 25.9 Å². The van der Waals surface area contributed by atoms with Crippen LogP contribution in [0.25, 0.3) is 0 Å². The summed E-state index contributed by atoms with van der Waals surface area (Å²) >= 11 is 0. The highest BCUT2D eigenvalue weighted by atomic mass is 16.5. The van der Waals surface area contributed by atoms with E-state index in [4.69, 9.17) is 9.47 Å². The summed E-state index contributed by atoms with van der Waals surface area (Å²) in [6.07, 6.45) is 2.37. The molecule has 1 aliphatic rings. The first-order valence-corrected chi connectivity index (χ1v) is 9.04. The Labute approximate surface area is 154 Å². The first-order valence-electron chi connectivity index (χ1n) is 9.04. The third kappa shape index (κ3) is 5.23. The quantitative estimate of drug-likeness (QED) is 0.863. The molecule has 0 spiro atoms. The molecule has 5 nitrogen and oxygen atoms in total. The molecule has 2 aromatic carbocycles. The number of anilines is 1. The van der Waals surface area contributed by atoms with Crippen LogP contribution in [0.1, 0.15) is 18.4 Å². The highest BCUT2D eigenvalue weighted by Gasteiger charge is 2.17. The molecule has 0 saturated carbocycles. The van der Waals surface area contributed by atoms with Crippen molar-refractivity contribution < 1.29 is 14.3 Å². The number of para-hydroxylation sites is 1. The number of carbonyl (C=O) groups excluding carboxylic acids is 1. The van der Waals surface area contributed by atoms with Crippen molar-refractivity contribution in [2.24, 2.45) is 0 Å². The van der Waals surface area contributed by atoms with Crippen LogP contribution in [0, 0.1) is 6.92 Å². The van der Waals surface area contributed by atoms with E-state index in [0.29, 0.717) is 0 Å². The molecule has 0 bridgehead atoms. The third-order valence-corrected chi connectivity index (χ3v) is 4.56. The van der Waals surface area contributed by atoms with E-state index in [0.717, 1.165) is 48.7 Å². The van der Waals surface area contributed by atoms with Crippen molar-refractivity contribution >= 4 is 11.6 Å². The molecule has 5 heteroatoms. The van der Waals surface area contributed by atoms with Crippen LogP contribution in [0.4, 0.5) is 5.69 Å². The van der Waals surface area contributed by atoms with Crippen LogP contribution in [0.5, 0.6) is 11.5 Å². The fourth-order valence-corrected chi connectivity index (χ4v) is 2.97. The molecule has 0 radical (unpaired) electrons. The summed E-state index contributed by atoms with van der Waals surface area (Å²) in [6, 6.07) is 15.2. The number of hydrogen-bond donors (Lipinski definition) is 1. The Balaban J connectivity index is 1.46. The smallest absolute Gasteiger partial charge is 0.262 e. The Kier molecular flexibility index (Phi) is 6.12. The molecule has 1 N–H and O–H groups in total. The summed E-state index contributed by atoms with van der Waals surface area (Å²) in [6.45, 7) is 4.08. The molecule has 1 aliphatic heterocycles. The Morgan fingerprint density at radius 3 is 2.50 bits per heavy atom. The van der Waals surface area contributed by atoms with Crippen molar-refractivity contribution in [2.75, 3.05) is 32.1 Å². The van der Waals surface area contributed by atoms with Gasteiger partial charge in [-0.1, -0.05) is 18.2 Å². The van der Waals surface area contributed by atoms with Gasteiger partial charge in [-0.15, -0.1) is 0 Å². The zero-order chi connectivity index (χ0) is 18.4. The van der Waals surface area contributed by atoms with E-state index in [1.807, 2.05) is 55.5 Å². The van der Waals surface area contributed by atoms with Gasteiger partial charge in [0.05, 0.1) is 0 Å². The van der Waals surface area contributed by atoms with E-state index in [2.05, 4.69) is 17.3 Å². The number of hydrogen-bond acceptors (Lipinski definition) is 4. The molecule has 0 aromatic heterocycles. The number of ether oxygens (including phenoxy) is 2. The average molecular weight is 354 g/mol. The van der Waals surface area contributed by atoms with Gasteiger partial charge in [0.2, 0.25) is 0 Å². The van der Waals surface area contributed by atoms with Crippen LogP contribution >= 0.6 is 0 Å². The molecule has 138 valence electrons. The molecule has 3 rings (SSSR count). The van der Waals surface area contributed by atoms with Crippen LogP contribution in [0.15, 0.2) is 48.5 Å². The van der Waals surface area contributed by atoms with Crippen LogP contribution in [0.2, 0.25) is 0 Å². The topological polar surface area (TPSA) is 50.8 Å². The van der Waals surface area contributed by atoms with Gasteiger partial charge in [0, 0.05) is 18.8 Å². The molecule has 1 saturated heterocycles. The first kappa shape index (κ1) is 18.3. The summed E-state index contributed by atoms with van der Waals surface area (Å²) < 4.78 is 11.6. The van der Waals surface area contributed by atoms with Crippen molar-refractivity contribution in [1.82, 2.24) is 4.90 Å². The Morgan fingerprint density at radius 1 is 1.12 bits per heavy atom. The third-order valence-electron chi connectivity index (χ3n) is 4.56. The SMILES string of the molecule is Cc1ccccc1OCC(=O)Nc1ccc(OC2CCN(C)CC2)cc1. The number of likely N-dealkylation sites (tertiary alicyclic amines) is 1. The molecule has 0 unspecified atom stereocenters. The standard InChI is InChI=1S/C21H26N2O3/c1-16-5-3-4-6-20(16)25-15-21(24)22-17-7-9-18(10-8-17)26-19-11-13-23(2)14-12-19/h3-10,19H,11-15H2,1-2H3,(H,22,24). The highest BCUT2D eigenvalue weighted by molar-refractivity contribution is 5.91. The second-order valence-corrected chi connectivity index (χ2v) is 6.75. The fraction of sp³-hybridized carbons (Fsp3) is 0.381. The largest absolute Gasteiger partial charge is 0.490 e. The van der Waals surface area contributed by atoms with E-state index in [1.165, 1.54) is 0 Å². The predicted molar refractivity (Wildman–Crippen MR) is 103 cm³/mol. The fourth-order valence-electron chi connectivity index (χ4n) is 2.97. The van der Waals surface area contributed by atoms with Gasteiger partial charge in [-0.2, -0.15) is 0 Å². The van der Waals surface area contributed by atoms with Gasteiger partial charge in [-0.25, -0.2) is 0 Å². The number of amides is 1. The molecule has 2 aromatic rings. The number of nitrogens with zero attached hydrogens (tertiary/aromatic N) is 1. The summed E-state index contributed by atoms with van der Waals surface area (Å²) in [5.41, 5.74) is 1.75. The van der Waals surface area contributed by atoms with Gasteiger partial charge >= 0.3 is 0 Å². The molecule has 0 aliphatic carbocycles. The Bertz CT molecular complexity index is 722. The number of benzene rings is 2. The molecule has 26 heavy (non-hydrogen) atoms. The maximum Gasteiger partial charge on any atom is 0.262 e. The van der Waals surface area contributed by atoms with Gasteiger partial charge in [-0.3, -0.25) is 4.79 Å². The Morgan fingerprint density at radius 2 is 1.81 bits per heavy atom. The molecule has 1 amide bonds.